The SMILES string of the molecule is Cc1nc(-c2ccc(CCNC(=O)C3CCC3C(=O)O)cc2)cs1. The molecule has 6 heteroatoms. The first-order valence-electron chi connectivity index (χ1n) is 8.06. The van der Waals surface area contributed by atoms with Gasteiger partial charge in [-0.3, -0.25) is 9.59 Å². The summed E-state index contributed by atoms with van der Waals surface area (Å²) in [6.07, 6.45) is 2.00. The Kier molecular flexibility index (Phi) is 4.94. The maximum Gasteiger partial charge on any atom is 0.307 e. The smallest absolute Gasteiger partial charge is 0.307 e. The number of carbonyl (C=O) groups excluding carboxylic acids is 1. The van der Waals surface area contributed by atoms with Crippen LogP contribution in [0.3, 0.4) is 0 Å². The Hall–Kier alpha value is -2.21. The molecule has 1 aliphatic carbocycles. The minimum absolute atomic E-state index is 0.136. The van der Waals surface area contributed by atoms with E-state index in [0.29, 0.717) is 19.4 Å². The number of aliphatic carboxylic acids is 1. The monoisotopic (exact) mass is 344 g/mol. The fraction of sp³-hybridized carbons (Fsp3) is 0.389. The third-order valence-corrected chi connectivity index (χ3v) is 5.28. The second kappa shape index (κ2) is 7.13. The van der Waals surface area contributed by atoms with Crippen molar-refractivity contribution in [2.45, 2.75) is 26.2 Å². The molecule has 0 spiro atoms. The number of carboxylic acid groups (broad SMARTS) is 1. The highest BCUT2D eigenvalue weighted by atomic mass is 32.1. The van der Waals surface area contributed by atoms with Crippen LogP contribution in [0.4, 0.5) is 0 Å². The second-order valence-corrected chi connectivity index (χ2v) is 7.18. The molecule has 1 saturated carbocycles. The average molecular weight is 344 g/mol. The van der Waals surface area contributed by atoms with Crippen molar-refractivity contribution >= 4 is 23.2 Å². The number of hydrogen-bond donors (Lipinski definition) is 2. The number of aryl methyl sites for hydroxylation is 1. The lowest BCUT2D eigenvalue weighted by Crippen LogP contribution is -2.44. The van der Waals surface area contributed by atoms with Crippen LogP contribution < -0.4 is 5.32 Å². The van der Waals surface area contributed by atoms with Gasteiger partial charge >= 0.3 is 5.97 Å². The molecule has 2 aromatic rings. The number of aromatic nitrogens is 1. The number of carboxylic acids is 1. The van der Waals surface area contributed by atoms with Crippen molar-refractivity contribution in [3.63, 3.8) is 0 Å². The van der Waals surface area contributed by atoms with Crippen molar-refractivity contribution in [2.75, 3.05) is 6.54 Å². The van der Waals surface area contributed by atoms with Gasteiger partial charge in [-0.1, -0.05) is 24.3 Å². The maximum absolute atomic E-state index is 12.0. The third-order valence-electron chi connectivity index (χ3n) is 4.51. The summed E-state index contributed by atoms with van der Waals surface area (Å²) >= 11 is 1.63. The van der Waals surface area contributed by atoms with E-state index in [0.717, 1.165) is 28.2 Å². The fourth-order valence-electron chi connectivity index (χ4n) is 2.91. The highest BCUT2D eigenvalue weighted by Gasteiger charge is 2.41. The van der Waals surface area contributed by atoms with Gasteiger partial charge in [-0.25, -0.2) is 4.98 Å². The van der Waals surface area contributed by atoms with Crippen LogP contribution in [0.5, 0.6) is 0 Å². The standard InChI is InChI=1S/C18H20N2O3S/c1-11-20-16(10-24-11)13-4-2-12(3-5-13)8-9-19-17(21)14-6-7-15(14)18(22)23/h2-5,10,14-15H,6-9H2,1H3,(H,19,21)(H,22,23). The quantitative estimate of drug-likeness (QED) is 0.844. The second-order valence-electron chi connectivity index (χ2n) is 6.12. The fourth-order valence-corrected chi connectivity index (χ4v) is 3.53. The molecule has 1 aromatic heterocycles. The number of amides is 1. The van der Waals surface area contributed by atoms with Crippen LogP contribution in [0.15, 0.2) is 29.6 Å². The van der Waals surface area contributed by atoms with Crippen LogP contribution in [0.1, 0.15) is 23.4 Å². The number of hydrogen-bond acceptors (Lipinski definition) is 4. The van der Waals surface area contributed by atoms with Crippen molar-refractivity contribution in [1.82, 2.24) is 10.3 Å². The first kappa shape index (κ1) is 16.6. The Labute approximate surface area is 144 Å². The van der Waals surface area contributed by atoms with Gasteiger partial charge in [0.25, 0.3) is 0 Å². The normalized spacial score (nSPS) is 19.5. The van der Waals surface area contributed by atoms with Crippen LogP contribution in [-0.2, 0) is 16.0 Å². The molecule has 126 valence electrons. The van der Waals surface area contributed by atoms with Crippen LogP contribution in [-0.4, -0.2) is 28.5 Å². The van der Waals surface area contributed by atoms with Crippen LogP contribution in [0.25, 0.3) is 11.3 Å². The number of nitrogens with one attached hydrogen (secondary N) is 1. The van der Waals surface area contributed by atoms with E-state index in [-0.39, 0.29) is 11.8 Å². The molecule has 24 heavy (non-hydrogen) atoms. The van der Waals surface area contributed by atoms with Gasteiger partial charge in [0.2, 0.25) is 5.91 Å². The molecule has 0 saturated heterocycles. The first-order chi connectivity index (χ1) is 11.5. The molecule has 0 bridgehead atoms. The molecule has 2 unspecified atom stereocenters. The number of benzene rings is 1. The molecule has 2 atom stereocenters. The van der Waals surface area contributed by atoms with E-state index in [9.17, 15) is 9.59 Å². The molecule has 1 aliphatic rings. The zero-order valence-corrected chi connectivity index (χ0v) is 14.3. The number of carbonyl (C=O) groups is 2. The summed E-state index contributed by atoms with van der Waals surface area (Å²) in [6, 6.07) is 8.16. The summed E-state index contributed by atoms with van der Waals surface area (Å²) in [5, 5.41) is 14.9. The van der Waals surface area contributed by atoms with Gasteiger partial charge in [0.15, 0.2) is 0 Å². The summed E-state index contributed by atoms with van der Waals surface area (Å²) < 4.78 is 0. The molecule has 0 aliphatic heterocycles. The van der Waals surface area contributed by atoms with E-state index in [1.54, 1.807) is 11.3 Å². The summed E-state index contributed by atoms with van der Waals surface area (Å²) in [7, 11) is 0. The van der Waals surface area contributed by atoms with E-state index in [1.807, 2.05) is 36.6 Å². The highest BCUT2D eigenvalue weighted by molar-refractivity contribution is 7.09. The lowest BCUT2D eigenvalue weighted by Gasteiger charge is -2.31. The average Bonchev–Trinajstić information content (AvgIpc) is 2.93. The van der Waals surface area contributed by atoms with Crippen LogP contribution >= 0.6 is 11.3 Å². The Balaban J connectivity index is 1.48. The molecule has 1 heterocycles. The summed E-state index contributed by atoms with van der Waals surface area (Å²) in [5.41, 5.74) is 3.21. The highest BCUT2D eigenvalue weighted by Crippen LogP contribution is 2.34. The van der Waals surface area contributed by atoms with Gasteiger partial charge in [0.1, 0.15) is 0 Å². The molecule has 1 fully saturated rings. The molecule has 2 N–H and O–H groups in total. The summed E-state index contributed by atoms with van der Waals surface area (Å²) in [5.74, 6) is -1.87. The van der Waals surface area contributed by atoms with E-state index in [1.165, 1.54) is 0 Å². The van der Waals surface area contributed by atoms with Crippen molar-refractivity contribution in [3.8, 4) is 11.3 Å². The van der Waals surface area contributed by atoms with Gasteiger partial charge in [-0.2, -0.15) is 0 Å². The summed E-state index contributed by atoms with van der Waals surface area (Å²) in [4.78, 5) is 27.4. The molecule has 1 aromatic carbocycles. The molecular formula is C18H20N2O3S. The topological polar surface area (TPSA) is 79.3 Å². The largest absolute Gasteiger partial charge is 0.481 e. The van der Waals surface area contributed by atoms with Crippen molar-refractivity contribution in [1.29, 1.82) is 0 Å². The van der Waals surface area contributed by atoms with Crippen molar-refractivity contribution in [3.05, 3.63) is 40.2 Å². The van der Waals surface area contributed by atoms with E-state index in [4.69, 9.17) is 5.11 Å². The molecule has 3 rings (SSSR count). The Bertz CT molecular complexity index is 739. The van der Waals surface area contributed by atoms with Crippen molar-refractivity contribution in [2.24, 2.45) is 11.8 Å². The van der Waals surface area contributed by atoms with Gasteiger partial charge in [-0.15, -0.1) is 11.3 Å². The first-order valence-corrected chi connectivity index (χ1v) is 8.94. The Morgan fingerprint density at radius 1 is 1.25 bits per heavy atom. The summed E-state index contributed by atoms with van der Waals surface area (Å²) in [6.45, 7) is 2.51. The van der Waals surface area contributed by atoms with E-state index >= 15 is 0 Å². The van der Waals surface area contributed by atoms with Gasteiger partial charge < -0.3 is 10.4 Å². The predicted molar refractivity (Wildman–Crippen MR) is 92.9 cm³/mol. The van der Waals surface area contributed by atoms with E-state index < -0.39 is 11.9 Å². The van der Waals surface area contributed by atoms with Gasteiger partial charge in [-0.05, 0) is 31.7 Å². The van der Waals surface area contributed by atoms with E-state index in [2.05, 4.69) is 10.3 Å². The Morgan fingerprint density at radius 2 is 1.96 bits per heavy atom. The molecule has 1 amide bonds. The van der Waals surface area contributed by atoms with Gasteiger partial charge in [0.05, 0.1) is 22.5 Å². The van der Waals surface area contributed by atoms with Crippen molar-refractivity contribution < 1.29 is 14.7 Å². The number of rotatable bonds is 6. The minimum Gasteiger partial charge on any atom is -0.481 e. The zero-order chi connectivity index (χ0) is 17.1. The lowest BCUT2D eigenvalue weighted by atomic mass is 9.73. The number of nitrogens with zero attached hydrogens (tertiary/aromatic N) is 1. The zero-order valence-electron chi connectivity index (χ0n) is 13.5. The molecular weight excluding hydrogens is 324 g/mol. The Morgan fingerprint density at radius 3 is 2.50 bits per heavy atom. The maximum atomic E-state index is 12.0. The van der Waals surface area contributed by atoms with Gasteiger partial charge in [0, 0.05) is 17.5 Å². The minimum atomic E-state index is -0.866. The number of thiazole rings is 1. The van der Waals surface area contributed by atoms with Crippen LogP contribution in [0.2, 0.25) is 0 Å². The van der Waals surface area contributed by atoms with Crippen LogP contribution in [0, 0.1) is 18.8 Å². The predicted octanol–water partition coefficient (Wildman–Crippen LogP) is 2.89. The lowest BCUT2D eigenvalue weighted by molar-refractivity contribution is -0.152. The molecule has 0 radical (unpaired) electrons. The third kappa shape index (κ3) is 3.64. The molecule has 5 nitrogen and oxygen atoms in total.